The summed E-state index contributed by atoms with van der Waals surface area (Å²) in [6, 6.07) is 6.89. The van der Waals surface area contributed by atoms with E-state index in [1.807, 2.05) is 24.3 Å². The van der Waals surface area contributed by atoms with Crippen LogP contribution in [-0.2, 0) is 14.3 Å². The van der Waals surface area contributed by atoms with Gasteiger partial charge in [-0.05, 0) is 30.5 Å². The van der Waals surface area contributed by atoms with E-state index >= 15 is 0 Å². The molecule has 0 spiro atoms. The Labute approximate surface area is 128 Å². The predicted molar refractivity (Wildman–Crippen MR) is 80.1 cm³/mol. The molecular weight excluding hydrogens is 284 g/mol. The Morgan fingerprint density at radius 2 is 2.05 bits per heavy atom. The number of hydrogen-bond donors (Lipinski definition) is 3. The van der Waals surface area contributed by atoms with Crippen molar-refractivity contribution < 1.29 is 19.4 Å². The average molecular weight is 304 g/mol. The minimum Gasteiger partial charge on any atom is -0.394 e. The van der Waals surface area contributed by atoms with Crippen molar-refractivity contribution in [2.75, 3.05) is 18.5 Å². The highest BCUT2D eigenvalue weighted by molar-refractivity contribution is 5.93. The van der Waals surface area contributed by atoms with E-state index in [9.17, 15) is 14.7 Å². The first kappa shape index (κ1) is 15.0. The summed E-state index contributed by atoms with van der Waals surface area (Å²) in [7, 11) is 0. The smallest absolute Gasteiger partial charge is 0.246 e. The SMILES string of the molecule is O=C1COC(c2ccc(NC(=O)C3CCC3)cc2)C(CO)N1. The van der Waals surface area contributed by atoms with Crippen LogP contribution < -0.4 is 10.6 Å². The van der Waals surface area contributed by atoms with E-state index in [0.717, 1.165) is 30.5 Å². The van der Waals surface area contributed by atoms with Crippen molar-refractivity contribution in [2.24, 2.45) is 5.92 Å². The number of carbonyl (C=O) groups is 2. The zero-order valence-electron chi connectivity index (χ0n) is 12.2. The summed E-state index contributed by atoms with van der Waals surface area (Å²) in [6.07, 6.45) is 2.69. The fraction of sp³-hybridized carbons (Fsp3) is 0.500. The van der Waals surface area contributed by atoms with Crippen molar-refractivity contribution in [3.8, 4) is 0 Å². The number of hydrogen-bond acceptors (Lipinski definition) is 4. The summed E-state index contributed by atoms with van der Waals surface area (Å²) in [6.45, 7) is -0.197. The molecule has 2 aliphatic rings. The van der Waals surface area contributed by atoms with Crippen LogP contribution in [0.15, 0.2) is 24.3 Å². The Morgan fingerprint density at radius 3 is 2.64 bits per heavy atom. The second-order valence-electron chi connectivity index (χ2n) is 5.83. The number of nitrogens with one attached hydrogen (secondary N) is 2. The molecule has 2 fully saturated rings. The van der Waals surface area contributed by atoms with Gasteiger partial charge in [0, 0.05) is 11.6 Å². The van der Waals surface area contributed by atoms with E-state index in [0.29, 0.717) is 0 Å². The summed E-state index contributed by atoms with van der Waals surface area (Å²) < 4.78 is 5.51. The molecule has 2 unspecified atom stereocenters. The first-order chi connectivity index (χ1) is 10.7. The monoisotopic (exact) mass is 304 g/mol. The van der Waals surface area contributed by atoms with Gasteiger partial charge in [-0.3, -0.25) is 9.59 Å². The van der Waals surface area contributed by atoms with Gasteiger partial charge < -0.3 is 20.5 Å². The Kier molecular flexibility index (Phi) is 4.40. The topological polar surface area (TPSA) is 87.7 Å². The summed E-state index contributed by atoms with van der Waals surface area (Å²) in [5, 5.41) is 15.0. The normalized spacial score (nSPS) is 25.2. The molecule has 1 aromatic carbocycles. The largest absolute Gasteiger partial charge is 0.394 e. The molecule has 0 aromatic heterocycles. The Hall–Kier alpha value is -1.92. The summed E-state index contributed by atoms with van der Waals surface area (Å²) in [5.74, 6) is 0.00318. The van der Waals surface area contributed by atoms with Gasteiger partial charge in [0.05, 0.1) is 12.6 Å². The highest BCUT2D eigenvalue weighted by atomic mass is 16.5. The van der Waals surface area contributed by atoms with Gasteiger partial charge in [-0.15, -0.1) is 0 Å². The maximum absolute atomic E-state index is 11.9. The summed E-state index contributed by atoms with van der Waals surface area (Å²) in [4.78, 5) is 23.2. The number of aliphatic hydroxyl groups excluding tert-OH is 1. The maximum Gasteiger partial charge on any atom is 0.246 e. The van der Waals surface area contributed by atoms with E-state index in [1.165, 1.54) is 0 Å². The van der Waals surface area contributed by atoms with Crippen LogP contribution >= 0.6 is 0 Å². The lowest BCUT2D eigenvalue weighted by Crippen LogP contribution is -2.49. The van der Waals surface area contributed by atoms with Crippen molar-refractivity contribution in [1.82, 2.24) is 5.32 Å². The standard InChI is InChI=1S/C16H20N2O4/c19-8-13-15(22-9-14(20)18-13)10-4-6-12(7-5-10)17-16(21)11-2-1-3-11/h4-7,11,13,15,19H,1-3,8-9H2,(H,17,21)(H,18,20). The molecule has 0 bridgehead atoms. The third-order valence-corrected chi connectivity index (χ3v) is 4.29. The van der Waals surface area contributed by atoms with Gasteiger partial charge in [0.1, 0.15) is 12.7 Å². The molecular formula is C16H20N2O4. The van der Waals surface area contributed by atoms with Crippen LogP contribution in [0, 0.1) is 5.92 Å². The molecule has 6 nitrogen and oxygen atoms in total. The number of carbonyl (C=O) groups excluding carboxylic acids is 2. The predicted octanol–water partition coefficient (Wildman–Crippen LogP) is 0.974. The van der Waals surface area contributed by atoms with Gasteiger partial charge in [0.25, 0.3) is 0 Å². The van der Waals surface area contributed by atoms with Crippen LogP contribution in [0.4, 0.5) is 5.69 Å². The van der Waals surface area contributed by atoms with Crippen LogP contribution in [0.1, 0.15) is 30.9 Å². The zero-order valence-corrected chi connectivity index (χ0v) is 12.2. The van der Waals surface area contributed by atoms with Crippen molar-refractivity contribution in [2.45, 2.75) is 31.4 Å². The molecule has 6 heteroatoms. The van der Waals surface area contributed by atoms with Gasteiger partial charge >= 0.3 is 0 Å². The molecule has 1 aliphatic carbocycles. The van der Waals surface area contributed by atoms with E-state index < -0.39 is 6.04 Å². The number of anilines is 1. The lowest BCUT2D eigenvalue weighted by atomic mass is 9.85. The van der Waals surface area contributed by atoms with Gasteiger partial charge in [-0.1, -0.05) is 18.6 Å². The molecule has 22 heavy (non-hydrogen) atoms. The van der Waals surface area contributed by atoms with Crippen LogP contribution in [0.2, 0.25) is 0 Å². The Morgan fingerprint density at radius 1 is 1.32 bits per heavy atom. The molecule has 1 aromatic rings. The van der Waals surface area contributed by atoms with Crippen LogP contribution in [-0.4, -0.2) is 36.2 Å². The lowest BCUT2D eigenvalue weighted by molar-refractivity contribution is -0.138. The van der Waals surface area contributed by atoms with Crippen LogP contribution in [0.3, 0.4) is 0 Å². The average Bonchev–Trinajstić information content (AvgIpc) is 2.46. The molecule has 1 heterocycles. The Bertz CT molecular complexity index is 554. The fourth-order valence-corrected chi connectivity index (χ4v) is 2.75. The summed E-state index contributed by atoms with van der Waals surface area (Å²) in [5.41, 5.74) is 1.61. The molecule has 3 rings (SSSR count). The Balaban J connectivity index is 1.65. The number of ether oxygens (including phenoxy) is 1. The molecule has 0 radical (unpaired) electrons. The highest BCUT2D eigenvalue weighted by Crippen LogP contribution is 2.28. The fourth-order valence-electron chi connectivity index (χ4n) is 2.75. The zero-order chi connectivity index (χ0) is 15.5. The van der Waals surface area contributed by atoms with Crippen molar-refractivity contribution >= 4 is 17.5 Å². The second-order valence-corrected chi connectivity index (χ2v) is 5.83. The number of morpholine rings is 1. The first-order valence-electron chi connectivity index (χ1n) is 7.60. The van der Waals surface area contributed by atoms with Crippen molar-refractivity contribution in [3.63, 3.8) is 0 Å². The molecule has 118 valence electrons. The minimum atomic E-state index is -0.448. The third kappa shape index (κ3) is 3.13. The van der Waals surface area contributed by atoms with E-state index in [4.69, 9.17) is 4.74 Å². The van der Waals surface area contributed by atoms with Gasteiger partial charge in [-0.2, -0.15) is 0 Å². The first-order valence-corrected chi connectivity index (χ1v) is 7.60. The number of benzene rings is 1. The van der Waals surface area contributed by atoms with Gasteiger partial charge in [0.15, 0.2) is 0 Å². The van der Waals surface area contributed by atoms with Crippen LogP contribution in [0.5, 0.6) is 0 Å². The molecule has 1 saturated heterocycles. The maximum atomic E-state index is 11.9. The lowest BCUT2D eigenvalue weighted by Gasteiger charge is -2.31. The summed E-state index contributed by atoms with van der Waals surface area (Å²) >= 11 is 0. The molecule has 1 aliphatic heterocycles. The number of rotatable bonds is 4. The third-order valence-electron chi connectivity index (χ3n) is 4.29. The van der Waals surface area contributed by atoms with Crippen molar-refractivity contribution in [3.05, 3.63) is 29.8 Å². The molecule has 1 saturated carbocycles. The highest BCUT2D eigenvalue weighted by Gasteiger charge is 2.30. The van der Waals surface area contributed by atoms with E-state index in [-0.39, 0.29) is 37.0 Å². The van der Waals surface area contributed by atoms with Crippen molar-refractivity contribution in [1.29, 1.82) is 0 Å². The molecule has 3 N–H and O–H groups in total. The van der Waals surface area contributed by atoms with E-state index in [1.54, 1.807) is 0 Å². The number of amides is 2. The van der Waals surface area contributed by atoms with Crippen LogP contribution in [0.25, 0.3) is 0 Å². The second kappa shape index (κ2) is 6.46. The molecule has 2 atom stereocenters. The minimum absolute atomic E-state index is 0.0126. The van der Waals surface area contributed by atoms with Gasteiger partial charge in [-0.25, -0.2) is 0 Å². The van der Waals surface area contributed by atoms with Gasteiger partial charge in [0.2, 0.25) is 11.8 Å². The quantitative estimate of drug-likeness (QED) is 0.773. The van der Waals surface area contributed by atoms with E-state index in [2.05, 4.69) is 10.6 Å². The number of aliphatic hydroxyl groups is 1. The molecule has 2 amide bonds.